The van der Waals surface area contributed by atoms with Crippen LogP contribution in [0.15, 0.2) is 11.6 Å². The number of esters is 1. The van der Waals surface area contributed by atoms with Gasteiger partial charge in [-0.1, -0.05) is 156 Å². The van der Waals surface area contributed by atoms with Crippen molar-refractivity contribution >= 4 is 29.1 Å². The van der Waals surface area contributed by atoms with Crippen LogP contribution in [0.1, 0.15) is 243 Å². The highest BCUT2D eigenvalue weighted by molar-refractivity contribution is 5.98. The first-order valence-electron chi connectivity index (χ1n) is 27.7. The number of fused-ring (bicyclic) bond motifs is 5. The number of carbonyl (C=O) groups excluding carboxylic acids is 5. The van der Waals surface area contributed by atoms with Crippen LogP contribution in [0.5, 0.6) is 0 Å². The highest BCUT2D eigenvalue weighted by Gasteiger charge is 2.60. The molecule has 0 radical (unpaired) electrons. The topological polar surface area (TPSA) is 94.6 Å². The summed E-state index contributed by atoms with van der Waals surface area (Å²) in [6.45, 7) is 37.7. The summed E-state index contributed by atoms with van der Waals surface area (Å²) in [7, 11) is 0. The minimum Gasteiger partial charge on any atom is -0.462 e. The number of carbonyl (C=O) groups is 5. The number of rotatable bonds is 16. The average molecular weight is 1010 g/mol. The second-order valence-corrected chi connectivity index (χ2v) is 23.9. The molecule has 4 aliphatic carbocycles. The predicted octanol–water partition coefficient (Wildman–Crippen LogP) is 17.4. The van der Waals surface area contributed by atoms with Gasteiger partial charge in [-0.05, 0) is 105 Å². The molecule has 0 bridgehead atoms. The molecule has 0 amide bonds. The molecule has 1 unspecified atom stereocenters. The van der Waals surface area contributed by atoms with Gasteiger partial charge in [-0.15, -0.1) is 0 Å². The van der Waals surface area contributed by atoms with E-state index in [2.05, 4.69) is 40.7 Å². The molecule has 4 aliphatic rings. The van der Waals surface area contributed by atoms with E-state index in [0.29, 0.717) is 46.4 Å². The minimum absolute atomic E-state index is 0.0233. The van der Waals surface area contributed by atoms with Gasteiger partial charge in [0.1, 0.15) is 23.5 Å². The summed E-state index contributed by atoms with van der Waals surface area (Å²) in [6.07, 6.45) is 21.6. The van der Waals surface area contributed by atoms with E-state index in [4.69, 9.17) is 4.74 Å². The molecule has 0 heterocycles. The van der Waals surface area contributed by atoms with E-state index in [1.54, 1.807) is 5.57 Å². The normalized spacial score (nSPS) is 24.4. The molecule has 0 aliphatic heterocycles. The lowest BCUT2D eigenvalue weighted by Crippen LogP contribution is -2.51. The smallest absolute Gasteiger partial charge is 0.308 e. The Morgan fingerprint density at radius 1 is 0.648 bits per heavy atom. The van der Waals surface area contributed by atoms with E-state index in [9.17, 15) is 41.5 Å². The standard InChI is InChI=1S/C31H52O2.C11H10F4O.C7H14O.2C6H12O/c1-8-9-10-17-29(4,5)27-14-13-25-24-12-11-22-20-23(33-28(32)21(2)3)15-18-30(22,6)26(24)16-19-31(25,27)7;1-4(2)11(16)6-9(14)7(12)5(3)8(13)10(6)15;1-4-5-7(8)6(2)3;2*1-4-6(7)5(2)3/h11,21,23-27H,8-10,12-20H2,1-7H3;4H,1-3H3;6H,4-5H2,1-3H3;2*5H,4H2,1-3H3/t23-,24-,25?,26-,27+,30-,31-;;;;/m0..../s1. The lowest BCUT2D eigenvalue weighted by molar-refractivity contribution is -0.155. The highest BCUT2D eigenvalue weighted by Crippen LogP contribution is 2.69. The Hall–Kier alpha value is -3.17. The van der Waals surface area contributed by atoms with Crippen LogP contribution in [0.2, 0.25) is 0 Å². The molecule has 10 heteroatoms. The number of hydrogen-bond acceptors (Lipinski definition) is 6. The summed E-state index contributed by atoms with van der Waals surface area (Å²) < 4.78 is 58.7. The molecular weight excluding hydrogens is 905 g/mol. The van der Waals surface area contributed by atoms with Crippen LogP contribution in [-0.2, 0) is 23.9 Å². The zero-order valence-electron chi connectivity index (χ0n) is 48.1. The number of Topliss-reactive ketones (excluding diaryl/α,β-unsaturated/α-hetero) is 4. The van der Waals surface area contributed by atoms with E-state index >= 15 is 0 Å². The van der Waals surface area contributed by atoms with Crippen molar-refractivity contribution in [1.82, 2.24) is 0 Å². The number of halogens is 4. The van der Waals surface area contributed by atoms with E-state index in [-0.39, 0.29) is 35.7 Å². The number of ether oxygens (including phenoxy) is 1. The number of ketones is 4. The van der Waals surface area contributed by atoms with Gasteiger partial charge in [0.05, 0.1) is 11.5 Å². The minimum atomic E-state index is -1.63. The summed E-state index contributed by atoms with van der Waals surface area (Å²) >= 11 is 0. The first-order chi connectivity index (χ1) is 32.9. The van der Waals surface area contributed by atoms with Gasteiger partial charge in [-0.25, -0.2) is 17.6 Å². The second-order valence-electron chi connectivity index (χ2n) is 23.9. The van der Waals surface area contributed by atoms with Gasteiger partial charge < -0.3 is 4.74 Å². The third kappa shape index (κ3) is 17.7. The quantitative estimate of drug-likeness (QED) is 0.0409. The lowest BCUT2D eigenvalue weighted by Gasteiger charge is -2.59. The van der Waals surface area contributed by atoms with Gasteiger partial charge >= 0.3 is 5.97 Å². The van der Waals surface area contributed by atoms with Crippen LogP contribution in [0.3, 0.4) is 0 Å². The van der Waals surface area contributed by atoms with Gasteiger partial charge in [0, 0.05) is 54.9 Å². The van der Waals surface area contributed by atoms with Crippen molar-refractivity contribution in [3.05, 3.63) is 46.0 Å². The molecule has 6 nitrogen and oxygen atoms in total. The molecule has 3 fully saturated rings. The zero-order chi connectivity index (χ0) is 54.9. The monoisotopic (exact) mass is 1000 g/mol. The maximum Gasteiger partial charge on any atom is 0.308 e. The molecule has 71 heavy (non-hydrogen) atoms. The summed E-state index contributed by atoms with van der Waals surface area (Å²) in [5.74, 6) is -2.82. The van der Waals surface area contributed by atoms with Crippen LogP contribution in [-0.4, -0.2) is 35.2 Å². The molecule has 0 aromatic heterocycles. The molecule has 1 aromatic carbocycles. The van der Waals surface area contributed by atoms with E-state index < -0.39 is 46.1 Å². The Bertz CT molecular complexity index is 1880. The van der Waals surface area contributed by atoms with Gasteiger partial charge in [0.2, 0.25) is 0 Å². The van der Waals surface area contributed by atoms with Crippen molar-refractivity contribution in [2.45, 2.75) is 240 Å². The summed E-state index contributed by atoms with van der Waals surface area (Å²) in [4.78, 5) is 55.3. The maximum atomic E-state index is 13.3. The van der Waals surface area contributed by atoms with Crippen LogP contribution < -0.4 is 0 Å². The molecule has 0 saturated heterocycles. The lowest BCUT2D eigenvalue weighted by atomic mass is 9.46. The predicted molar refractivity (Wildman–Crippen MR) is 283 cm³/mol. The average Bonchev–Trinajstić information content (AvgIpc) is 3.69. The first kappa shape index (κ1) is 65.8. The van der Waals surface area contributed by atoms with Gasteiger partial charge in [-0.3, -0.25) is 24.0 Å². The maximum absolute atomic E-state index is 13.3. The molecule has 408 valence electrons. The number of unbranched alkanes of at least 4 members (excludes halogenated alkanes) is 2. The zero-order valence-corrected chi connectivity index (χ0v) is 48.1. The number of hydrogen-bond donors (Lipinski definition) is 0. The van der Waals surface area contributed by atoms with Crippen molar-refractivity contribution in [1.29, 1.82) is 0 Å². The fraction of sp³-hybridized carbons (Fsp3) is 0.787. The summed E-state index contributed by atoms with van der Waals surface area (Å²) in [5, 5.41) is 0. The summed E-state index contributed by atoms with van der Waals surface area (Å²) in [6, 6.07) is 0. The molecule has 3 saturated carbocycles. The molecular formula is C61H100F4O6. The van der Waals surface area contributed by atoms with Gasteiger partial charge in [0.15, 0.2) is 29.1 Å². The van der Waals surface area contributed by atoms with Crippen LogP contribution >= 0.6 is 0 Å². The van der Waals surface area contributed by atoms with E-state index in [0.717, 1.165) is 56.3 Å². The first-order valence-corrected chi connectivity index (χ1v) is 27.7. The van der Waals surface area contributed by atoms with Gasteiger partial charge in [0.25, 0.3) is 0 Å². The third-order valence-electron chi connectivity index (χ3n) is 16.6. The Morgan fingerprint density at radius 3 is 1.58 bits per heavy atom. The fourth-order valence-electron chi connectivity index (χ4n) is 11.9. The van der Waals surface area contributed by atoms with Crippen molar-refractivity contribution in [2.24, 2.45) is 69.5 Å². The SMILES string of the molecule is CCC(=O)C(C)C.CCC(=O)C(C)C.CCCC(=O)C(C)C.CCCCCC(C)(C)[C@H]1CCC2[C@@H]3CC=C4C[C@@H](OC(=O)C(C)C)CC[C@]4(C)[C@H]3CC[C@@]21C.Cc1c(F)c(F)c(C(=O)C(C)C)c(F)c1F. The molecule has 0 spiro atoms. The second kappa shape index (κ2) is 29.7. The number of benzene rings is 1. The van der Waals surface area contributed by atoms with Crippen LogP contribution in [0.4, 0.5) is 17.6 Å². The van der Waals surface area contributed by atoms with Crippen molar-refractivity contribution in [3.8, 4) is 0 Å². The van der Waals surface area contributed by atoms with Crippen LogP contribution in [0, 0.1) is 99.7 Å². The number of allylic oxidation sites excluding steroid dienone is 1. The Balaban J connectivity index is 0.000000546. The Labute approximate surface area is 429 Å². The van der Waals surface area contributed by atoms with E-state index in [1.807, 2.05) is 76.2 Å². The molecule has 7 atom stereocenters. The summed E-state index contributed by atoms with van der Waals surface area (Å²) in [5.41, 5.74) is 1.05. The highest BCUT2D eigenvalue weighted by atomic mass is 19.2. The van der Waals surface area contributed by atoms with Crippen LogP contribution in [0.25, 0.3) is 0 Å². The Morgan fingerprint density at radius 2 is 1.17 bits per heavy atom. The molecule has 1 aromatic rings. The molecule has 0 N–H and O–H groups in total. The van der Waals surface area contributed by atoms with Crippen molar-refractivity contribution in [2.75, 3.05) is 0 Å². The third-order valence-corrected chi connectivity index (χ3v) is 16.6. The van der Waals surface area contributed by atoms with Crippen molar-refractivity contribution in [3.63, 3.8) is 0 Å². The van der Waals surface area contributed by atoms with Crippen molar-refractivity contribution < 1.29 is 46.3 Å². The van der Waals surface area contributed by atoms with E-state index in [1.165, 1.54) is 78.1 Å². The fourth-order valence-corrected chi connectivity index (χ4v) is 11.9. The molecule has 5 rings (SSSR count). The Kier molecular flexibility index (Phi) is 27.5. The largest absolute Gasteiger partial charge is 0.462 e. The van der Waals surface area contributed by atoms with Gasteiger partial charge in [-0.2, -0.15) is 0 Å².